The maximum Gasteiger partial charge on any atom is 0.104 e. The lowest BCUT2D eigenvalue weighted by molar-refractivity contribution is -0.0864. The SMILES string of the molecule is COCC(C)(O)C1(C#N)CCCC1. The molecule has 1 atom stereocenters. The van der Waals surface area contributed by atoms with Crippen molar-refractivity contribution in [1.82, 2.24) is 0 Å². The first-order valence-corrected chi connectivity index (χ1v) is 4.70. The standard InChI is InChI=1S/C10H17NO2/c1-9(12,8-13-2)10(7-11)5-3-4-6-10/h12H,3-6,8H2,1-2H3. The Hall–Kier alpha value is -0.590. The highest BCUT2D eigenvalue weighted by Gasteiger charge is 2.49. The van der Waals surface area contributed by atoms with E-state index in [2.05, 4.69) is 6.07 Å². The fraction of sp³-hybridized carbons (Fsp3) is 0.900. The minimum absolute atomic E-state index is 0.237. The van der Waals surface area contributed by atoms with Gasteiger partial charge in [-0.25, -0.2) is 0 Å². The van der Waals surface area contributed by atoms with Gasteiger partial charge in [0, 0.05) is 7.11 Å². The Morgan fingerprint density at radius 2 is 2.08 bits per heavy atom. The molecule has 3 heteroatoms. The second-order valence-electron chi connectivity index (χ2n) is 4.11. The number of ether oxygens (including phenoxy) is 1. The van der Waals surface area contributed by atoms with E-state index < -0.39 is 11.0 Å². The van der Waals surface area contributed by atoms with Crippen molar-refractivity contribution in [3.63, 3.8) is 0 Å². The van der Waals surface area contributed by atoms with Gasteiger partial charge in [0.05, 0.1) is 18.1 Å². The van der Waals surface area contributed by atoms with E-state index in [1.54, 1.807) is 14.0 Å². The lowest BCUT2D eigenvalue weighted by atomic mass is 9.73. The summed E-state index contributed by atoms with van der Waals surface area (Å²) in [6, 6.07) is 2.27. The molecule has 0 amide bonds. The van der Waals surface area contributed by atoms with Crippen LogP contribution in [0.25, 0.3) is 0 Å². The van der Waals surface area contributed by atoms with Crippen molar-refractivity contribution in [1.29, 1.82) is 5.26 Å². The maximum atomic E-state index is 10.1. The fourth-order valence-electron chi connectivity index (χ4n) is 2.17. The summed E-state index contributed by atoms with van der Waals surface area (Å²) in [5.74, 6) is 0. The van der Waals surface area contributed by atoms with Gasteiger partial charge in [-0.15, -0.1) is 0 Å². The molecule has 0 aliphatic heterocycles. The summed E-state index contributed by atoms with van der Waals surface area (Å²) in [6.07, 6.45) is 3.65. The number of nitrogens with zero attached hydrogens (tertiary/aromatic N) is 1. The summed E-state index contributed by atoms with van der Waals surface area (Å²) >= 11 is 0. The van der Waals surface area contributed by atoms with Crippen LogP contribution in [-0.2, 0) is 4.74 Å². The summed E-state index contributed by atoms with van der Waals surface area (Å²) in [6.45, 7) is 1.94. The molecule has 0 aromatic rings. The van der Waals surface area contributed by atoms with Crippen molar-refractivity contribution in [3.05, 3.63) is 0 Å². The fourth-order valence-corrected chi connectivity index (χ4v) is 2.17. The van der Waals surface area contributed by atoms with Crippen LogP contribution in [0.3, 0.4) is 0 Å². The van der Waals surface area contributed by atoms with Crippen molar-refractivity contribution >= 4 is 0 Å². The number of hydrogen-bond acceptors (Lipinski definition) is 3. The number of nitriles is 1. The highest BCUT2D eigenvalue weighted by Crippen LogP contribution is 2.45. The second-order valence-corrected chi connectivity index (χ2v) is 4.11. The van der Waals surface area contributed by atoms with Crippen molar-refractivity contribution < 1.29 is 9.84 Å². The smallest absolute Gasteiger partial charge is 0.104 e. The van der Waals surface area contributed by atoms with Gasteiger partial charge >= 0.3 is 0 Å². The average molecular weight is 183 g/mol. The Morgan fingerprint density at radius 1 is 1.54 bits per heavy atom. The average Bonchev–Trinajstić information content (AvgIpc) is 2.53. The molecule has 1 aliphatic rings. The van der Waals surface area contributed by atoms with Gasteiger partial charge in [0.1, 0.15) is 5.60 Å². The van der Waals surface area contributed by atoms with E-state index in [0.29, 0.717) is 0 Å². The molecule has 1 unspecified atom stereocenters. The molecule has 1 rings (SSSR count). The summed E-state index contributed by atoms with van der Waals surface area (Å²) in [5.41, 5.74) is -1.59. The maximum absolute atomic E-state index is 10.1. The van der Waals surface area contributed by atoms with E-state index in [9.17, 15) is 5.11 Å². The molecule has 3 nitrogen and oxygen atoms in total. The van der Waals surface area contributed by atoms with Gasteiger partial charge < -0.3 is 9.84 Å². The minimum Gasteiger partial charge on any atom is -0.386 e. The van der Waals surface area contributed by atoms with Crippen molar-refractivity contribution in [2.45, 2.75) is 38.2 Å². The molecule has 0 spiro atoms. The molecule has 1 N–H and O–H groups in total. The van der Waals surface area contributed by atoms with E-state index in [1.807, 2.05) is 0 Å². The molecule has 0 radical (unpaired) electrons. The monoisotopic (exact) mass is 183 g/mol. The first kappa shape index (κ1) is 10.5. The first-order chi connectivity index (χ1) is 6.08. The summed E-state index contributed by atoms with van der Waals surface area (Å²) in [5, 5.41) is 19.2. The highest BCUT2D eigenvalue weighted by molar-refractivity contribution is 5.12. The van der Waals surface area contributed by atoms with Crippen LogP contribution >= 0.6 is 0 Å². The zero-order valence-electron chi connectivity index (χ0n) is 8.34. The van der Waals surface area contributed by atoms with Crippen LogP contribution in [0.15, 0.2) is 0 Å². The normalized spacial score (nSPS) is 25.1. The molecule has 1 fully saturated rings. The van der Waals surface area contributed by atoms with Crippen molar-refractivity contribution in [2.24, 2.45) is 5.41 Å². The molecule has 0 aromatic heterocycles. The molecule has 74 valence electrons. The molecular formula is C10H17NO2. The first-order valence-electron chi connectivity index (χ1n) is 4.70. The Kier molecular flexibility index (Phi) is 2.94. The molecular weight excluding hydrogens is 166 g/mol. The predicted molar refractivity (Wildman–Crippen MR) is 49.0 cm³/mol. The van der Waals surface area contributed by atoms with Crippen LogP contribution in [0.2, 0.25) is 0 Å². The molecule has 1 aliphatic carbocycles. The topological polar surface area (TPSA) is 53.2 Å². The molecule has 0 heterocycles. The highest BCUT2D eigenvalue weighted by atomic mass is 16.5. The van der Waals surface area contributed by atoms with E-state index in [1.165, 1.54) is 0 Å². The Labute approximate surface area is 79.3 Å². The predicted octanol–water partition coefficient (Wildman–Crippen LogP) is 1.47. The van der Waals surface area contributed by atoms with Gasteiger partial charge in [-0.05, 0) is 19.8 Å². The third-order valence-electron chi connectivity index (χ3n) is 3.13. The van der Waals surface area contributed by atoms with Crippen LogP contribution in [0.5, 0.6) is 0 Å². The number of aliphatic hydroxyl groups is 1. The van der Waals surface area contributed by atoms with Gasteiger partial charge in [-0.2, -0.15) is 5.26 Å². The zero-order chi connectivity index (χ0) is 9.95. The van der Waals surface area contributed by atoms with E-state index >= 15 is 0 Å². The largest absolute Gasteiger partial charge is 0.386 e. The third kappa shape index (κ3) is 1.70. The van der Waals surface area contributed by atoms with E-state index in [0.717, 1.165) is 25.7 Å². The van der Waals surface area contributed by atoms with Crippen LogP contribution in [0.4, 0.5) is 0 Å². The Morgan fingerprint density at radius 3 is 2.46 bits per heavy atom. The second kappa shape index (κ2) is 3.65. The summed E-state index contributed by atoms with van der Waals surface area (Å²) in [7, 11) is 1.55. The molecule has 0 aromatic carbocycles. The summed E-state index contributed by atoms with van der Waals surface area (Å²) < 4.78 is 4.94. The van der Waals surface area contributed by atoms with Crippen molar-refractivity contribution in [2.75, 3.05) is 13.7 Å². The van der Waals surface area contributed by atoms with Gasteiger partial charge in [-0.3, -0.25) is 0 Å². The van der Waals surface area contributed by atoms with Gasteiger partial charge in [-0.1, -0.05) is 12.8 Å². The lowest BCUT2D eigenvalue weighted by Gasteiger charge is -2.36. The zero-order valence-corrected chi connectivity index (χ0v) is 8.34. The lowest BCUT2D eigenvalue weighted by Crippen LogP contribution is -2.46. The molecule has 0 saturated heterocycles. The van der Waals surface area contributed by atoms with Crippen molar-refractivity contribution in [3.8, 4) is 6.07 Å². The van der Waals surface area contributed by atoms with E-state index in [-0.39, 0.29) is 6.61 Å². The Bertz CT molecular complexity index is 211. The molecule has 0 bridgehead atoms. The molecule has 1 saturated carbocycles. The Balaban J connectivity index is 2.81. The van der Waals surface area contributed by atoms with Crippen LogP contribution < -0.4 is 0 Å². The molecule has 13 heavy (non-hydrogen) atoms. The quantitative estimate of drug-likeness (QED) is 0.720. The number of rotatable bonds is 3. The minimum atomic E-state index is -1.01. The van der Waals surface area contributed by atoms with Gasteiger partial charge in [0.25, 0.3) is 0 Å². The number of hydrogen-bond donors (Lipinski definition) is 1. The van der Waals surface area contributed by atoms with E-state index in [4.69, 9.17) is 10.00 Å². The van der Waals surface area contributed by atoms with Crippen LogP contribution in [-0.4, -0.2) is 24.4 Å². The van der Waals surface area contributed by atoms with Crippen LogP contribution in [0, 0.1) is 16.7 Å². The third-order valence-corrected chi connectivity index (χ3v) is 3.13. The summed E-state index contributed by atoms with van der Waals surface area (Å²) in [4.78, 5) is 0. The van der Waals surface area contributed by atoms with Crippen LogP contribution in [0.1, 0.15) is 32.6 Å². The number of methoxy groups -OCH3 is 1. The van der Waals surface area contributed by atoms with Gasteiger partial charge in [0.15, 0.2) is 0 Å². The van der Waals surface area contributed by atoms with Gasteiger partial charge in [0.2, 0.25) is 0 Å².